The number of likely N-dealkylation sites (N-methyl/N-ethyl adjacent to an activating group) is 1. The maximum absolute atomic E-state index is 12.2. The van der Waals surface area contributed by atoms with Crippen molar-refractivity contribution in [2.75, 3.05) is 7.05 Å². The van der Waals surface area contributed by atoms with Gasteiger partial charge < -0.3 is 10.4 Å². The largest absolute Gasteiger partial charge is 0.478 e. The van der Waals surface area contributed by atoms with Crippen molar-refractivity contribution in [1.82, 2.24) is 20.2 Å². The molecule has 0 bridgehead atoms. The van der Waals surface area contributed by atoms with Crippen LogP contribution in [0, 0.1) is 5.92 Å². The topological polar surface area (TPSA) is 141 Å². The second kappa shape index (κ2) is 6.68. The van der Waals surface area contributed by atoms with Gasteiger partial charge in [0.2, 0.25) is 5.91 Å². The van der Waals surface area contributed by atoms with E-state index in [0.717, 1.165) is 6.20 Å². The number of hydrogen-bond donors (Lipinski definition) is 4. The maximum atomic E-state index is 12.2. The van der Waals surface area contributed by atoms with Gasteiger partial charge in [0.1, 0.15) is 11.6 Å². The van der Waals surface area contributed by atoms with Crippen molar-refractivity contribution in [3.05, 3.63) is 11.8 Å². The third-order valence-corrected chi connectivity index (χ3v) is 4.11. The highest BCUT2D eigenvalue weighted by Crippen LogP contribution is 2.14. The standard InChI is InChI=1S/C11H18N4O5S/c1-6(2)4-8(9(16)12-3)15-21(19,20)10-7(11(17)18)5-13-14-10/h5-6,8,15H,4H2,1-3H3,(H,12,16)(H,13,14)(H,17,18). The average Bonchev–Trinajstić information content (AvgIpc) is 2.86. The first-order valence-corrected chi connectivity index (χ1v) is 7.68. The van der Waals surface area contributed by atoms with E-state index in [4.69, 9.17) is 5.11 Å². The van der Waals surface area contributed by atoms with Crippen LogP contribution in [-0.2, 0) is 14.8 Å². The van der Waals surface area contributed by atoms with Gasteiger partial charge >= 0.3 is 5.97 Å². The predicted octanol–water partition coefficient (Wildman–Crippen LogP) is -0.453. The Morgan fingerprint density at radius 2 is 2.05 bits per heavy atom. The minimum atomic E-state index is -4.20. The minimum absolute atomic E-state index is 0.0655. The van der Waals surface area contributed by atoms with Crippen LogP contribution in [0.4, 0.5) is 0 Å². The first-order chi connectivity index (χ1) is 9.69. The molecule has 1 aromatic rings. The van der Waals surface area contributed by atoms with E-state index in [-0.39, 0.29) is 12.3 Å². The van der Waals surface area contributed by atoms with Crippen LogP contribution in [0.3, 0.4) is 0 Å². The van der Waals surface area contributed by atoms with Crippen LogP contribution in [0.25, 0.3) is 0 Å². The van der Waals surface area contributed by atoms with E-state index in [1.807, 2.05) is 13.8 Å². The molecule has 1 aromatic heterocycles. The smallest absolute Gasteiger partial charge is 0.340 e. The van der Waals surface area contributed by atoms with Crippen molar-refractivity contribution in [3.8, 4) is 0 Å². The summed E-state index contributed by atoms with van der Waals surface area (Å²) in [5.41, 5.74) is -0.484. The molecule has 10 heteroatoms. The van der Waals surface area contributed by atoms with Crippen LogP contribution in [0.15, 0.2) is 11.2 Å². The average molecular weight is 318 g/mol. The number of aromatic carboxylic acids is 1. The Morgan fingerprint density at radius 3 is 2.52 bits per heavy atom. The zero-order valence-electron chi connectivity index (χ0n) is 11.9. The number of carbonyl (C=O) groups excluding carboxylic acids is 1. The van der Waals surface area contributed by atoms with Crippen LogP contribution < -0.4 is 10.0 Å². The van der Waals surface area contributed by atoms with Crippen molar-refractivity contribution < 1.29 is 23.1 Å². The van der Waals surface area contributed by atoms with Crippen LogP contribution in [-0.4, -0.2) is 48.7 Å². The van der Waals surface area contributed by atoms with Crippen LogP contribution >= 0.6 is 0 Å². The zero-order chi connectivity index (χ0) is 16.2. The fourth-order valence-corrected chi connectivity index (χ4v) is 3.03. The quantitative estimate of drug-likeness (QED) is 0.536. The molecule has 0 aliphatic heterocycles. The lowest BCUT2D eigenvalue weighted by Gasteiger charge is -2.18. The summed E-state index contributed by atoms with van der Waals surface area (Å²) in [4.78, 5) is 22.7. The molecular formula is C11H18N4O5S. The number of carbonyl (C=O) groups is 2. The lowest BCUT2D eigenvalue weighted by Crippen LogP contribution is -2.46. The SMILES string of the molecule is CNC(=O)C(CC(C)C)NS(=O)(=O)c1[nH]ncc1C(=O)O. The number of hydrogen-bond acceptors (Lipinski definition) is 5. The number of carboxylic acid groups (broad SMARTS) is 1. The molecule has 0 fully saturated rings. The number of aromatic amines is 1. The number of rotatable bonds is 7. The van der Waals surface area contributed by atoms with Gasteiger partial charge in [0.15, 0.2) is 5.03 Å². The van der Waals surface area contributed by atoms with E-state index >= 15 is 0 Å². The molecule has 1 rings (SSSR count). The first kappa shape index (κ1) is 17.1. The molecule has 9 nitrogen and oxygen atoms in total. The monoisotopic (exact) mass is 318 g/mol. The molecule has 0 spiro atoms. The molecule has 1 amide bonds. The zero-order valence-corrected chi connectivity index (χ0v) is 12.7. The van der Waals surface area contributed by atoms with Gasteiger partial charge in [-0.25, -0.2) is 13.2 Å². The fourth-order valence-electron chi connectivity index (χ4n) is 1.73. The number of sulfonamides is 1. The minimum Gasteiger partial charge on any atom is -0.478 e. The molecule has 0 aliphatic carbocycles. The van der Waals surface area contributed by atoms with Crippen LogP contribution in [0.1, 0.15) is 30.6 Å². The van der Waals surface area contributed by atoms with Gasteiger partial charge in [0.05, 0.1) is 6.20 Å². The van der Waals surface area contributed by atoms with E-state index in [0.29, 0.717) is 0 Å². The molecule has 21 heavy (non-hydrogen) atoms. The number of H-pyrrole nitrogens is 1. The van der Waals surface area contributed by atoms with E-state index in [1.165, 1.54) is 7.05 Å². The Hall–Kier alpha value is -1.94. The van der Waals surface area contributed by atoms with Crippen molar-refractivity contribution in [2.45, 2.75) is 31.3 Å². The van der Waals surface area contributed by atoms with Gasteiger partial charge in [-0.3, -0.25) is 9.89 Å². The molecule has 0 aromatic carbocycles. The molecule has 118 valence electrons. The second-order valence-corrected chi connectivity index (χ2v) is 6.49. The number of carboxylic acids is 1. The summed E-state index contributed by atoms with van der Waals surface area (Å²) in [6, 6.07) is -0.995. The Labute approximate surface area is 122 Å². The fraction of sp³-hybridized carbons (Fsp3) is 0.545. The summed E-state index contributed by atoms with van der Waals surface area (Å²) >= 11 is 0. The molecule has 0 saturated heterocycles. The van der Waals surface area contributed by atoms with Gasteiger partial charge in [0, 0.05) is 7.05 Å². The number of nitrogens with zero attached hydrogens (tertiary/aromatic N) is 1. The molecule has 1 heterocycles. The second-order valence-electron chi connectivity index (χ2n) is 4.84. The third-order valence-electron chi connectivity index (χ3n) is 2.67. The highest BCUT2D eigenvalue weighted by molar-refractivity contribution is 7.89. The summed E-state index contributed by atoms with van der Waals surface area (Å²) < 4.78 is 26.6. The van der Waals surface area contributed by atoms with Gasteiger partial charge in [-0.2, -0.15) is 9.82 Å². The number of amides is 1. The molecule has 1 atom stereocenters. The summed E-state index contributed by atoms with van der Waals surface area (Å²) in [5.74, 6) is -1.86. The number of nitrogens with one attached hydrogen (secondary N) is 3. The summed E-state index contributed by atoms with van der Waals surface area (Å²) in [7, 11) is -2.81. The van der Waals surface area contributed by atoms with E-state index < -0.39 is 38.5 Å². The normalized spacial score (nSPS) is 13.1. The summed E-state index contributed by atoms with van der Waals surface area (Å²) in [6.45, 7) is 3.67. The highest BCUT2D eigenvalue weighted by atomic mass is 32.2. The van der Waals surface area contributed by atoms with E-state index in [2.05, 4.69) is 20.2 Å². The van der Waals surface area contributed by atoms with Gasteiger partial charge in [-0.05, 0) is 12.3 Å². The Balaban J connectivity index is 3.08. The predicted molar refractivity (Wildman–Crippen MR) is 73.2 cm³/mol. The van der Waals surface area contributed by atoms with Crippen molar-refractivity contribution in [1.29, 1.82) is 0 Å². The van der Waals surface area contributed by atoms with Crippen molar-refractivity contribution in [3.63, 3.8) is 0 Å². The Morgan fingerprint density at radius 1 is 1.43 bits per heavy atom. The molecule has 1 unspecified atom stereocenters. The first-order valence-electron chi connectivity index (χ1n) is 6.19. The maximum Gasteiger partial charge on any atom is 0.340 e. The lowest BCUT2D eigenvalue weighted by molar-refractivity contribution is -0.122. The van der Waals surface area contributed by atoms with E-state index in [1.54, 1.807) is 0 Å². The molecule has 0 saturated carbocycles. The van der Waals surface area contributed by atoms with Crippen molar-refractivity contribution in [2.24, 2.45) is 5.92 Å². The molecule has 0 aliphatic rings. The van der Waals surface area contributed by atoms with Gasteiger partial charge in [0.25, 0.3) is 10.0 Å². The lowest BCUT2D eigenvalue weighted by atomic mass is 10.0. The summed E-state index contributed by atoms with van der Waals surface area (Å²) in [5, 5.41) is 16.3. The van der Waals surface area contributed by atoms with E-state index in [9.17, 15) is 18.0 Å². The molecule has 0 radical (unpaired) electrons. The highest BCUT2D eigenvalue weighted by Gasteiger charge is 2.30. The Kier molecular flexibility index (Phi) is 5.44. The van der Waals surface area contributed by atoms with Crippen LogP contribution in [0.5, 0.6) is 0 Å². The Bertz CT molecular complexity index is 622. The summed E-state index contributed by atoms with van der Waals surface area (Å²) in [6.07, 6.45) is 1.17. The van der Waals surface area contributed by atoms with Gasteiger partial charge in [-0.1, -0.05) is 13.8 Å². The van der Waals surface area contributed by atoms with Gasteiger partial charge in [-0.15, -0.1) is 0 Å². The molecule has 4 N–H and O–H groups in total. The number of aromatic nitrogens is 2. The van der Waals surface area contributed by atoms with Crippen molar-refractivity contribution >= 4 is 21.9 Å². The third kappa shape index (κ3) is 4.26. The molecular weight excluding hydrogens is 300 g/mol. The van der Waals surface area contributed by atoms with Crippen LogP contribution in [0.2, 0.25) is 0 Å².